The molecule has 0 bridgehead atoms. The third kappa shape index (κ3) is 5.81. The van der Waals surface area contributed by atoms with Gasteiger partial charge in [0, 0.05) is 26.2 Å². The number of rotatable bonds is 4. The van der Waals surface area contributed by atoms with Gasteiger partial charge in [-0.25, -0.2) is 0 Å². The van der Waals surface area contributed by atoms with Crippen molar-refractivity contribution in [1.82, 2.24) is 9.80 Å². The molecule has 1 N–H and O–H groups in total. The molecule has 2 saturated heterocycles. The van der Waals surface area contributed by atoms with Crippen molar-refractivity contribution >= 4 is 12.4 Å². The van der Waals surface area contributed by atoms with Crippen molar-refractivity contribution in [1.29, 1.82) is 0 Å². The zero-order valence-corrected chi connectivity index (χ0v) is 18.3. The third-order valence-corrected chi connectivity index (χ3v) is 5.84. The van der Waals surface area contributed by atoms with Crippen molar-refractivity contribution in [2.45, 2.75) is 12.2 Å². The van der Waals surface area contributed by atoms with E-state index in [-0.39, 0.29) is 31.4 Å². The fraction of sp³-hybridized carbons (Fsp3) is 0.417. The molecule has 176 valence electrons. The minimum Gasteiger partial charge on any atom is -0.483 e. The van der Waals surface area contributed by atoms with E-state index in [4.69, 9.17) is 28.8 Å². The van der Waals surface area contributed by atoms with E-state index in [9.17, 15) is 4.79 Å². The van der Waals surface area contributed by atoms with Gasteiger partial charge in [-0.15, -0.1) is 0 Å². The number of fused-ring (bicyclic) bond motifs is 1. The minimum absolute atomic E-state index is 0.104. The van der Waals surface area contributed by atoms with Crippen molar-refractivity contribution in [3.05, 3.63) is 59.7 Å². The normalized spacial score (nSPS) is 22.2. The van der Waals surface area contributed by atoms with Crippen molar-refractivity contribution in [3.8, 4) is 11.5 Å². The lowest BCUT2D eigenvalue weighted by atomic mass is 10.0. The Morgan fingerprint density at radius 2 is 1.64 bits per heavy atom. The second-order valence-corrected chi connectivity index (χ2v) is 7.93. The van der Waals surface area contributed by atoms with Gasteiger partial charge < -0.3 is 29.0 Å². The van der Waals surface area contributed by atoms with Crippen molar-refractivity contribution in [2.75, 3.05) is 52.7 Å². The predicted octanol–water partition coefficient (Wildman–Crippen LogP) is 2.09. The highest BCUT2D eigenvalue weighted by Gasteiger charge is 2.32. The SMILES string of the molecule is O=C(CN1C[C@@H](c2ccccc2)O[C@@H](c2ccc3c(c2)OCO3)C1)N1CCOCC1.O=CO. The number of benzene rings is 2. The van der Waals surface area contributed by atoms with Gasteiger partial charge in [0.25, 0.3) is 6.47 Å². The van der Waals surface area contributed by atoms with Crippen LogP contribution < -0.4 is 9.47 Å². The van der Waals surface area contributed by atoms with E-state index in [1.165, 1.54) is 0 Å². The fourth-order valence-electron chi connectivity index (χ4n) is 4.21. The van der Waals surface area contributed by atoms with Gasteiger partial charge >= 0.3 is 0 Å². The molecule has 9 heteroatoms. The molecule has 2 aromatic carbocycles. The van der Waals surface area contributed by atoms with Crippen LogP contribution in [0.4, 0.5) is 0 Å². The summed E-state index contributed by atoms with van der Waals surface area (Å²) in [6.07, 6.45) is -0.260. The largest absolute Gasteiger partial charge is 0.483 e. The van der Waals surface area contributed by atoms with Crippen molar-refractivity contribution in [2.24, 2.45) is 0 Å². The summed E-state index contributed by atoms with van der Waals surface area (Å²) >= 11 is 0. The van der Waals surface area contributed by atoms with Crippen LogP contribution in [0.1, 0.15) is 23.3 Å². The Balaban J connectivity index is 0.000000821. The molecule has 2 atom stereocenters. The maximum Gasteiger partial charge on any atom is 0.290 e. The molecule has 0 aliphatic carbocycles. The fourth-order valence-corrected chi connectivity index (χ4v) is 4.21. The Labute approximate surface area is 192 Å². The van der Waals surface area contributed by atoms with Gasteiger partial charge in [-0.3, -0.25) is 14.5 Å². The molecular formula is C24H28N2O7. The zero-order chi connectivity index (χ0) is 23.0. The van der Waals surface area contributed by atoms with Gasteiger partial charge in [0.15, 0.2) is 11.5 Å². The Bertz CT molecular complexity index is 934. The summed E-state index contributed by atoms with van der Waals surface area (Å²) in [5.41, 5.74) is 2.15. The highest BCUT2D eigenvalue weighted by Crippen LogP contribution is 2.38. The molecule has 3 aliphatic heterocycles. The smallest absolute Gasteiger partial charge is 0.290 e. The average molecular weight is 456 g/mol. The van der Waals surface area contributed by atoms with E-state index < -0.39 is 0 Å². The summed E-state index contributed by atoms with van der Waals surface area (Å²) in [5.74, 6) is 1.65. The van der Waals surface area contributed by atoms with Gasteiger partial charge in [0.1, 0.15) is 0 Å². The highest BCUT2D eigenvalue weighted by molar-refractivity contribution is 5.78. The number of morpholine rings is 2. The van der Waals surface area contributed by atoms with E-state index in [1.807, 2.05) is 41.3 Å². The lowest BCUT2D eigenvalue weighted by Gasteiger charge is -2.39. The third-order valence-electron chi connectivity index (χ3n) is 5.84. The van der Waals surface area contributed by atoms with E-state index in [2.05, 4.69) is 17.0 Å². The molecule has 3 heterocycles. The number of amides is 1. The number of nitrogens with zero attached hydrogens (tertiary/aromatic N) is 2. The Morgan fingerprint density at radius 3 is 2.36 bits per heavy atom. The molecule has 0 spiro atoms. The first-order valence-corrected chi connectivity index (χ1v) is 10.9. The highest BCUT2D eigenvalue weighted by atomic mass is 16.7. The van der Waals surface area contributed by atoms with E-state index in [0.29, 0.717) is 45.9 Å². The first kappa shape index (κ1) is 23.0. The molecule has 2 aromatic rings. The molecule has 33 heavy (non-hydrogen) atoms. The van der Waals surface area contributed by atoms with Gasteiger partial charge in [-0.1, -0.05) is 36.4 Å². The monoisotopic (exact) mass is 456 g/mol. The number of hydrogen-bond donors (Lipinski definition) is 1. The van der Waals surface area contributed by atoms with Crippen molar-refractivity contribution < 1.29 is 33.6 Å². The molecule has 0 saturated carbocycles. The summed E-state index contributed by atoms with van der Waals surface area (Å²) in [7, 11) is 0. The average Bonchev–Trinajstić information content (AvgIpc) is 3.33. The van der Waals surface area contributed by atoms with Gasteiger partial charge in [-0.05, 0) is 23.3 Å². The Hall–Kier alpha value is -3.14. The first-order valence-electron chi connectivity index (χ1n) is 10.9. The Morgan fingerprint density at radius 1 is 0.970 bits per heavy atom. The molecule has 3 aliphatic rings. The molecule has 0 aromatic heterocycles. The molecule has 5 rings (SSSR count). The lowest BCUT2D eigenvalue weighted by Crippen LogP contribution is -2.49. The summed E-state index contributed by atoms with van der Waals surface area (Å²) in [4.78, 5) is 25.3. The summed E-state index contributed by atoms with van der Waals surface area (Å²) in [6, 6.07) is 16.1. The number of hydrogen-bond acceptors (Lipinski definition) is 7. The molecule has 2 fully saturated rings. The number of ether oxygens (including phenoxy) is 4. The minimum atomic E-state index is -0.250. The number of carboxylic acid groups (broad SMARTS) is 1. The molecular weight excluding hydrogens is 428 g/mol. The maximum atomic E-state index is 12.9. The maximum absolute atomic E-state index is 12.9. The van der Waals surface area contributed by atoms with Crippen LogP contribution in [0.2, 0.25) is 0 Å². The molecule has 0 unspecified atom stereocenters. The topological polar surface area (TPSA) is 97.8 Å². The van der Waals surface area contributed by atoms with Gasteiger partial charge in [0.2, 0.25) is 12.7 Å². The van der Waals surface area contributed by atoms with Crippen LogP contribution in [-0.4, -0.2) is 80.0 Å². The Kier molecular flexibility index (Phi) is 7.77. The standard InChI is InChI=1S/C23H26N2O5.CH2O2/c26-23(25-8-10-27-11-9-25)15-24-13-21(17-4-2-1-3-5-17)30-22(14-24)18-6-7-19-20(12-18)29-16-28-19;2-1-3/h1-7,12,21-22H,8-11,13-16H2;1H,(H,2,3)/t21-,22+;/m0./s1. The second kappa shape index (κ2) is 11.1. The lowest BCUT2D eigenvalue weighted by molar-refractivity contribution is -0.141. The summed E-state index contributed by atoms with van der Waals surface area (Å²) in [5, 5.41) is 6.89. The van der Waals surface area contributed by atoms with Crippen LogP contribution in [0, 0.1) is 0 Å². The molecule has 0 radical (unpaired) electrons. The van der Waals surface area contributed by atoms with Crippen LogP contribution in [0.15, 0.2) is 48.5 Å². The first-order chi connectivity index (χ1) is 16.2. The van der Waals surface area contributed by atoms with E-state index >= 15 is 0 Å². The summed E-state index contributed by atoms with van der Waals surface area (Å²) in [6.45, 7) is 4.27. The van der Waals surface area contributed by atoms with E-state index in [0.717, 1.165) is 22.6 Å². The zero-order valence-electron chi connectivity index (χ0n) is 18.3. The van der Waals surface area contributed by atoms with Gasteiger partial charge in [-0.2, -0.15) is 0 Å². The van der Waals surface area contributed by atoms with Crippen LogP contribution in [-0.2, 0) is 19.1 Å². The second-order valence-electron chi connectivity index (χ2n) is 7.93. The number of carbonyl (C=O) groups excluding carboxylic acids is 1. The van der Waals surface area contributed by atoms with Crippen LogP contribution in [0.25, 0.3) is 0 Å². The summed E-state index contributed by atoms with van der Waals surface area (Å²) < 4.78 is 22.9. The number of carbonyl (C=O) groups is 2. The van der Waals surface area contributed by atoms with Gasteiger partial charge in [0.05, 0.1) is 32.0 Å². The van der Waals surface area contributed by atoms with Crippen LogP contribution >= 0.6 is 0 Å². The van der Waals surface area contributed by atoms with E-state index in [1.54, 1.807) is 0 Å². The molecule has 1 amide bonds. The van der Waals surface area contributed by atoms with Crippen LogP contribution in [0.5, 0.6) is 11.5 Å². The molecule has 9 nitrogen and oxygen atoms in total. The van der Waals surface area contributed by atoms with Crippen molar-refractivity contribution in [3.63, 3.8) is 0 Å². The van der Waals surface area contributed by atoms with Crippen LogP contribution in [0.3, 0.4) is 0 Å². The predicted molar refractivity (Wildman–Crippen MR) is 118 cm³/mol. The quantitative estimate of drug-likeness (QED) is 0.699.